The maximum Gasteiger partial charge on any atom is 0.317 e. The smallest absolute Gasteiger partial charge is 0.317 e. The Bertz CT molecular complexity index is 1340. The summed E-state index contributed by atoms with van der Waals surface area (Å²) in [6.07, 6.45) is -2.90. The van der Waals surface area contributed by atoms with Gasteiger partial charge in [-0.15, -0.1) is 0 Å². The molecule has 8 nitrogen and oxygen atoms in total. The number of aryl methyl sites for hydroxylation is 1. The molecular formula is C26H29F3N6O2. The maximum atomic E-state index is 14.8. The average Bonchev–Trinajstić information content (AvgIpc) is 2.87. The van der Waals surface area contributed by atoms with Gasteiger partial charge in [0.25, 0.3) is 6.43 Å². The fourth-order valence-electron chi connectivity index (χ4n) is 5.01. The molecule has 0 unspecified atom stereocenters. The molecule has 0 aliphatic carbocycles. The lowest BCUT2D eigenvalue weighted by molar-refractivity contribution is 0.146. The summed E-state index contributed by atoms with van der Waals surface area (Å²) in [6.45, 7) is 8.11. The molecule has 2 aromatic carbocycles. The number of carbonyl (C=O) groups is 1. The quantitative estimate of drug-likeness (QED) is 0.509. The third kappa shape index (κ3) is 4.70. The van der Waals surface area contributed by atoms with Crippen molar-refractivity contribution < 1.29 is 22.7 Å². The summed E-state index contributed by atoms with van der Waals surface area (Å²) in [5.74, 6) is 0.755. The number of halogens is 3. The van der Waals surface area contributed by atoms with Gasteiger partial charge in [-0.05, 0) is 26.8 Å². The summed E-state index contributed by atoms with van der Waals surface area (Å²) in [5, 5.41) is 6.76. The molecule has 11 heteroatoms. The van der Waals surface area contributed by atoms with E-state index in [1.165, 1.54) is 12.1 Å². The number of fused-ring (bicyclic) bond motifs is 4. The van der Waals surface area contributed by atoms with Crippen LogP contribution in [-0.4, -0.2) is 59.7 Å². The van der Waals surface area contributed by atoms with Crippen molar-refractivity contribution in [3.05, 3.63) is 53.1 Å². The first-order chi connectivity index (χ1) is 17.8. The highest BCUT2D eigenvalue weighted by molar-refractivity contribution is 5.94. The first-order valence-corrected chi connectivity index (χ1v) is 12.3. The molecule has 3 aromatic rings. The summed E-state index contributed by atoms with van der Waals surface area (Å²) in [7, 11) is 0. The lowest BCUT2D eigenvalue weighted by Crippen LogP contribution is -2.59. The molecule has 2 aliphatic heterocycles. The number of hydrogen-bond donors (Lipinski definition) is 2. The van der Waals surface area contributed by atoms with E-state index in [1.807, 2.05) is 19.1 Å². The van der Waals surface area contributed by atoms with Crippen molar-refractivity contribution in [2.45, 2.75) is 39.3 Å². The van der Waals surface area contributed by atoms with Gasteiger partial charge in [-0.2, -0.15) is 0 Å². The number of piperazine rings is 1. The Morgan fingerprint density at radius 3 is 2.76 bits per heavy atom. The molecular weight excluding hydrogens is 485 g/mol. The van der Waals surface area contributed by atoms with E-state index in [0.29, 0.717) is 61.1 Å². The van der Waals surface area contributed by atoms with Crippen LogP contribution in [0.2, 0.25) is 0 Å². The second-order valence-corrected chi connectivity index (χ2v) is 9.31. The highest BCUT2D eigenvalue weighted by atomic mass is 19.3. The molecule has 1 aromatic heterocycles. The lowest BCUT2D eigenvalue weighted by Gasteiger charge is -2.45. The Labute approximate surface area is 212 Å². The summed E-state index contributed by atoms with van der Waals surface area (Å²) in [5.41, 5.74) is 1.03. The third-order valence-corrected chi connectivity index (χ3v) is 6.84. The second kappa shape index (κ2) is 9.95. The number of anilines is 2. The van der Waals surface area contributed by atoms with Crippen LogP contribution in [-0.2, 0) is 0 Å². The number of carbonyl (C=O) groups excluding carboxylic acids is 1. The number of nitrogens with zero attached hydrogens (tertiary/aromatic N) is 4. The number of alkyl halides is 2. The van der Waals surface area contributed by atoms with Gasteiger partial charge >= 0.3 is 6.03 Å². The number of urea groups is 1. The minimum Gasteiger partial charge on any atom is -0.489 e. The van der Waals surface area contributed by atoms with Gasteiger partial charge in [-0.1, -0.05) is 18.2 Å². The van der Waals surface area contributed by atoms with Crippen LogP contribution in [0.25, 0.3) is 10.9 Å². The lowest BCUT2D eigenvalue weighted by atomic mass is 10.0. The second-order valence-electron chi connectivity index (χ2n) is 9.31. The van der Waals surface area contributed by atoms with Gasteiger partial charge in [0.05, 0.1) is 28.9 Å². The minimum atomic E-state index is -2.90. The predicted molar refractivity (Wildman–Crippen MR) is 135 cm³/mol. The van der Waals surface area contributed by atoms with Crippen LogP contribution in [0.15, 0.2) is 30.3 Å². The van der Waals surface area contributed by atoms with Crippen LogP contribution >= 0.6 is 0 Å². The largest absolute Gasteiger partial charge is 0.489 e. The van der Waals surface area contributed by atoms with E-state index < -0.39 is 23.8 Å². The Hall–Kier alpha value is -3.76. The van der Waals surface area contributed by atoms with Crippen LogP contribution in [0.3, 0.4) is 0 Å². The Morgan fingerprint density at radius 1 is 1.22 bits per heavy atom. The van der Waals surface area contributed by atoms with E-state index in [0.717, 1.165) is 11.8 Å². The van der Waals surface area contributed by atoms with Crippen LogP contribution in [0.4, 0.5) is 29.5 Å². The molecule has 3 heterocycles. The topological polar surface area (TPSA) is 82.6 Å². The molecule has 0 saturated carbocycles. The van der Waals surface area contributed by atoms with Crippen molar-refractivity contribution in [3.63, 3.8) is 0 Å². The van der Waals surface area contributed by atoms with E-state index in [2.05, 4.69) is 25.5 Å². The van der Waals surface area contributed by atoms with Crippen molar-refractivity contribution in [1.82, 2.24) is 20.2 Å². The van der Waals surface area contributed by atoms with Crippen LogP contribution in [0.1, 0.15) is 43.3 Å². The van der Waals surface area contributed by atoms with Crippen LogP contribution in [0, 0.1) is 12.7 Å². The molecule has 1 saturated heterocycles. The summed E-state index contributed by atoms with van der Waals surface area (Å²) in [6, 6.07) is 7.09. The molecule has 196 valence electrons. The maximum absolute atomic E-state index is 14.8. The molecule has 0 spiro atoms. The number of rotatable bonds is 5. The molecule has 0 bridgehead atoms. The summed E-state index contributed by atoms with van der Waals surface area (Å²) >= 11 is 0. The zero-order chi connectivity index (χ0) is 26.3. The molecule has 2 N–H and O–H groups in total. The predicted octanol–water partition coefficient (Wildman–Crippen LogP) is 4.80. The van der Waals surface area contributed by atoms with Crippen LogP contribution in [0.5, 0.6) is 5.75 Å². The number of benzene rings is 2. The number of nitrogens with one attached hydrogen (secondary N) is 2. The highest BCUT2D eigenvalue weighted by Gasteiger charge is 2.35. The zero-order valence-electron chi connectivity index (χ0n) is 20.9. The molecule has 37 heavy (non-hydrogen) atoms. The standard InChI is InChI=1S/C26H29F3N6O2/c1-4-30-26(36)34-8-9-35-16(12-34)13-37-22-11-20-19(10-21(22)35)25(33-15(3)32-20)31-14(2)17-6-5-7-18(23(17)27)24(28)29/h5-7,10-11,14,16,24H,4,8-9,12-13H2,1-3H3,(H,30,36)(H,31,32,33)/t14-,16-/m1/s1. The number of ether oxygens (including phenoxy) is 1. The molecule has 2 amide bonds. The Kier molecular flexibility index (Phi) is 6.70. The summed E-state index contributed by atoms with van der Waals surface area (Å²) < 4.78 is 47.4. The van der Waals surface area contributed by atoms with E-state index in [-0.39, 0.29) is 17.6 Å². The molecule has 2 atom stereocenters. The molecule has 1 fully saturated rings. The minimum absolute atomic E-state index is 0.00538. The van der Waals surface area contributed by atoms with Gasteiger partial charge in [-0.25, -0.2) is 27.9 Å². The monoisotopic (exact) mass is 514 g/mol. The van der Waals surface area contributed by atoms with Crippen molar-refractivity contribution in [1.29, 1.82) is 0 Å². The molecule has 2 aliphatic rings. The molecule has 0 radical (unpaired) electrons. The van der Waals surface area contributed by atoms with E-state index in [1.54, 1.807) is 18.7 Å². The Morgan fingerprint density at radius 2 is 2.00 bits per heavy atom. The van der Waals surface area contributed by atoms with Crippen molar-refractivity contribution in [2.24, 2.45) is 0 Å². The first kappa shape index (κ1) is 24.9. The van der Waals surface area contributed by atoms with Gasteiger partial charge in [-0.3, -0.25) is 0 Å². The zero-order valence-corrected chi connectivity index (χ0v) is 20.9. The SMILES string of the molecule is CCNC(=O)N1CCN2c3cc4c(N[C@H](C)c5cccc(C(F)F)c5F)nc(C)nc4cc3OC[C@H]2C1. The average molecular weight is 515 g/mol. The van der Waals surface area contributed by atoms with Crippen molar-refractivity contribution in [3.8, 4) is 5.75 Å². The third-order valence-electron chi connectivity index (χ3n) is 6.84. The number of hydrogen-bond acceptors (Lipinski definition) is 6. The van der Waals surface area contributed by atoms with Crippen molar-refractivity contribution in [2.75, 3.05) is 43.0 Å². The van der Waals surface area contributed by atoms with E-state index in [4.69, 9.17) is 4.74 Å². The van der Waals surface area contributed by atoms with Crippen LogP contribution < -0.4 is 20.3 Å². The van der Waals surface area contributed by atoms with Gasteiger partial charge in [0, 0.05) is 43.2 Å². The van der Waals surface area contributed by atoms with Crippen molar-refractivity contribution >= 4 is 28.4 Å². The normalized spacial score (nSPS) is 17.8. The van der Waals surface area contributed by atoms with Gasteiger partial charge in [0.2, 0.25) is 0 Å². The fraction of sp³-hybridized carbons (Fsp3) is 0.423. The van der Waals surface area contributed by atoms with E-state index in [9.17, 15) is 18.0 Å². The molecule has 5 rings (SSSR count). The summed E-state index contributed by atoms with van der Waals surface area (Å²) in [4.78, 5) is 25.5. The van der Waals surface area contributed by atoms with E-state index >= 15 is 0 Å². The highest BCUT2D eigenvalue weighted by Crippen LogP contribution is 2.40. The number of aromatic nitrogens is 2. The first-order valence-electron chi connectivity index (χ1n) is 12.3. The fourth-order valence-corrected chi connectivity index (χ4v) is 5.01. The Balaban J connectivity index is 1.47. The van der Waals surface area contributed by atoms with Gasteiger partial charge in [0.1, 0.15) is 29.8 Å². The van der Waals surface area contributed by atoms with Gasteiger partial charge in [0.15, 0.2) is 0 Å². The number of amides is 2. The van der Waals surface area contributed by atoms with Gasteiger partial charge < -0.3 is 25.2 Å².